The summed E-state index contributed by atoms with van der Waals surface area (Å²) < 4.78 is 94.4. The lowest BCUT2D eigenvalue weighted by Crippen LogP contribution is -2.43. The molecule has 3 unspecified atom stereocenters. The van der Waals surface area contributed by atoms with Gasteiger partial charge in [-0.15, -0.1) is 6.42 Å². The van der Waals surface area contributed by atoms with E-state index in [1.165, 1.54) is 12.1 Å². The lowest BCUT2D eigenvalue weighted by Gasteiger charge is -2.35. The monoisotopic (exact) mass is 793 g/mol. The van der Waals surface area contributed by atoms with E-state index in [1.807, 2.05) is 11.9 Å². The Labute approximate surface area is 326 Å². The number of nitrogens with zero attached hydrogens (tertiary/aromatic N) is 4. The highest BCUT2D eigenvalue weighted by Gasteiger charge is 2.35. The minimum atomic E-state index is -2.57. The van der Waals surface area contributed by atoms with Crippen molar-refractivity contribution >= 4 is 27.5 Å². The SMILES string of the molecule is C#Cc1c(F)ccc2cc(O)cc(-c3c(F)c4c5c(nc(OCC6CN(C)CCC6C(F)F)nc5c3F)NCCN(Cc3oc(=O)oc3C)CC(CC)CCC4)c12. The minimum absolute atomic E-state index is 0.0333. The number of nitrogens with one attached hydrogen (secondary N) is 1. The van der Waals surface area contributed by atoms with Gasteiger partial charge in [-0.2, -0.15) is 9.97 Å². The molecule has 3 aromatic carbocycles. The number of phenols is 1. The standard InChI is InChI=1S/C42H44F5N5O5/c1-5-23-8-7-9-29-35-38(37(45)34(36(29)44)30-17-26(53)16-24-10-11-31(43)27(6-2)33(24)30)49-41(55-21-25-19-51(4)14-12-28(25)39(46)47)50-40(35)48-13-15-52(18-23)20-32-22(3)56-42(54)57-32/h2,10-11,16-17,23,25,28,39,53H,5,7-9,12-15,18-21H2,1,3-4H3,(H,48,49,50). The predicted molar refractivity (Wildman–Crippen MR) is 205 cm³/mol. The van der Waals surface area contributed by atoms with Crippen molar-refractivity contribution < 1.29 is 40.6 Å². The molecule has 7 rings (SSSR count). The zero-order chi connectivity index (χ0) is 40.5. The van der Waals surface area contributed by atoms with Crippen molar-refractivity contribution in [3.63, 3.8) is 0 Å². The Balaban J connectivity index is 1.39. The molecule has 15 heteroatoms. The zero-order valence-corrected chi connectivity index (χ0v) is 31.9. The molecule has 2 aliphatic heterocycles. The van der Waals surface area contributed by atoms with Crippen molar-refractivity contribution in [2.24, 2.45) is 17.8 Å². The molecule has 2 aromatic heterocycles. The maximum atomic E-state index is 17.3. The van der Waals surface area contributed by atoms with E-state index >= 15 is 13.2 Å². The fraction of sp³-hybridized carbons (Fsp3) is 0.452. The lowest BCUT2D eigenvalue weighted by atomic mass is 9.86. The summed E-state index contributed by atoms with van der Waals surface area (Å²) in [5.74, 6) is -2.20. The van der Waals surface area contributed by atoms with E-state index in [2.05, 4.69) is 33.0 Å². The van der Waals surface area contributed by atoms with Gasteiger partial charge in [-0.25, -0.2) is 26.7 Å². The van der Waals surface area contributed by atoms with Gasteiger partial charge in [-0.3, -0.25) is 4.90 Å². The van der Waals surface area contributed by atoms with Gasteiger partial charge in [-0.1, -0.05) is 25.3 Å². The van der Waals surface area contributed by atoms with Gasteiger partial charge < -0.3 is 28.9 Å². The summed E-state index contributed by atoms with van der Waals surface area (Å²) in [7, 11) is 1.83. The zero-order valence-electron chi connectivity index (χ0n) is 31.9. The molecule has 10 nitrogen and oxygen atoms in total. The van der Waals surface area contributed by atoms with Crippen LogP contribution >= 0.6 is 0 Å². The first kappa shape index (κ1) is 40.0. The van der Waals surface area contributed by atoms with Crippen LogP contribution in [0.25, 0.3) is 32.8 Å². The second-order valence-corrected chi connectivity index (χ2v) is 15.1. The number of likely N-dealkylation sites (tertiary alicyclic amines) is 1. The number of hydrogen-bond acceptors (Lipinski definition) is 10. The van der Waals surface area contributed by atoms with Crippen molar-refractivity contribution in [2.75, 3.05) is 51.7 Å². The molecule has 5 aromatic rings. The van der Waals surface area contributed by atoms with Crippen LogP contribution in [0.3, 0.4) is 0 Å². The van der Waals surface area contributed by atoms with Crippen LogP contribution in [0.1, 0.15) is 55.3 Å². The maximum Gasteiger partial charge on any atom is 0.519 e. The number of benzene rings is 3. The highest BCUT2D eigenvalue weighted by Crippen LogP contribution is 2.43. The van der Waals surface area contributed by atoms with Crippen LogP contribution in [0.2, 0.25) is 0 Å². The number of terminal acetylenes is 1. The number of halogens is 5. The van der Waals surface area contributed by atoms with Crippen LogP contribution in [0.4, 0.5) is 27.8 Å². The Morgan fingerprint density at radius 3 is 2.61 bits per heavy atom. The smallest absolute Gasteiger partial charge is 0.508 e. The molecule has 57 heavy (non-hydrogen) atoms. The number of hydrogen-bond donors (Lipinski definition) is 2. The van der Waals surface area contributed by atoms with E-state index in [0.717, 1.165) is 18.6 Å². The van der Waals surface area contributed by atoms with Gasteiger partial charge in [0, 0.05) is 54.5 Å². The van der Waals surface area contributed by atoms with Crippen molar-refractivity contribution in [2.45, 2.75) is 58.9 Å². The molecule has 1 fully saturated rings. The summed E-state index contributed by atoms with van der Waals surface area (Å²) >= 11 is 0. The summed E-state index contributed by atoms with van der Waals surface area (Å²) in [5, 5.41) is 14.4. The Kier molecular flexibility index (Phi) is 11.7. The number of phenolic OH excluding ortho intramolecular Hbond substituents is 1. The van der Waals surface area contributed by atoms with Crippen LogP contribution in [-0.2, 0) is 13.0 Å². The number of aromatic hydroxyl groups is 1. The van der Waals surface area contributed by atoms with Crippen molar-refractivity contribution in [3.05, 3.63) is 75.0 Å². The van der Waals surface area contributed by atoms with Gasteiger partial charge in [0.2, 0.25) is 6.43 Å². The fourth-order valence-electron chi connectivity index (χ4n) is 8.36. The summed E-state index contributed by atoms with van der Waals surface area (Å²) in [6.45, 7) is 5.87. The molecule has 302 valence electrons. The molecule has 3 atom stereocenters. The fourth-order valence-corrected chi connectivity index (χ4v) is 8.36. The van der Waals surface area contributed by atoms with Crippen molar-refractivity contribution in [1.29, 1.82) is 0 Å². The number of fused-ring (bicyclic) bond motifs is 1. The number of rotatable bonds is 8. The molecule has 1 saturated heterocycles. The number of anilines is 1. The highest BCUT2D eigenvalue weighted by atomic mass is 19.3. The second kappa shape index (κ2) is 16.7. The molecule has 0 aliphatic carbocycles. The Bertz CT molecular complexity index is 2390. The molecule has 2 aliphatic rings. The lowest BCUT2D eigenvalue weighted by molar-refractivity contribution is -0.0142. The number of aromatic nitrogens is 2. The molecule has 2 N–H and O–H groups in total. The first-order chi connectivity index (χ1) is 27.4. The van der Waals surface area contributed by atoms with Crippen LogP contribution in [0.15, 0.2) is 37.9 Å². The highest BCUT2D eigenvalue weighted by molar-refractivity contribution is 6.05. The van der Waals surface area contributed by atoms with E-state index in [4.69, 9.17) is 20.0 Å². The van der Waals surface area contributed by atoms with Crippen LogP contribution in [0, 0.1) is 54.5 Å². The third-order valence-corrected chi connectivity index (χ3v) is 11.4. The molecule has 0 radical (unpaired) electrons. The summed E-state index contributed by atoms with van der Waals surface area (Å²) in [6.07, 6.45) is 5.46. The van der Waals surface area contributed by atoms with Gasteiger partial charge in [-0.05, 0) is 75.7 Å². The van der Waals surface area contributed by atoms with E-state index in [0.29, 0.717) is 50.5 Å². The molecule has 4 heterocycles. The summed E-state index contributed by atoms with van der Waals surface area (Å²) in [4.78, 5) is 24.9. The molecule has 0 saturated carbocycles. The van der Waals surface area contributed by atoms with Gasteiger partial charge >= 0.3 is 11.8 Å². The molecule has 0 amide bonds. The number of ether oxygens (including phenoxy) is 1. The van der Waals surface area contributed by atoms with Gasteiger partial charge in [0.05, 0.1) is 29.7 Å². The Hall–Kier alpha value is -5.20. The van der Waals surface area contributed by atoms with Crippen LogP contribution < -0.4 is 15.9 Å². The predicted octanol–water partition coefficient (Wildman–Crippen LogP) is 7.90. The summed E-state index contributed by atoms with van der Waals surface area (Å²) in [5.41, 5.74) is -1.18. The Morgan fingerprint density at radius 2 is 1.89 bits per heavy atom. The molecular formula is C42H44F5N5O5. The Morgan fingerprint density at radius 1 is 1.09 bits per heavy atom. The van der Waals surface area contributed by atoms with Crippen molar-refractivity contribution in [1.82, 2.24) is 19.8 Å². The third kappa shape index (κ3) is 8.15. The van der Waals surface area contributed by atoms with Gasteiger partial charge in [0.25, 0.3) is 0 Å². The number of piperidine rings is 1. The maximum absolute atomic E-state index is 17.3. The van der Waals surface area contributed by atoms with E-state index in [-0.39, 0.29) is 94.4 Å². The average Bonchev–Trinajstić information content (AvgIpc) is 3.49. The number of alkyl halides is 2. The van der Waals surface area contributed by atoms with Crippen molar-refractivity contribution in [3.8, 4) is 35.2 Å². The molecular weight excluding hydrogens is 749 g/mol. The number of aryl methyl sites for hydroxylation is 2. The normalized spacial score (nSPS) is 20.0. The van der Waals surface area contributed by atoms with Gasteiger partial charge in [0.15, 0.2) is 11.6 Å². The first-order valence-electron chi connectivity index (χ1n) is 19.2. The largest absolute Gasteiger partial charge is 0.519 e. The minimum Gasteiger partial charge on any atom is -0.508 e. The summed E-state index contributed by atoms with van der Waals surface area (Å²) in [6, 6.07) is 4.66. The topological polar surface area (TPSA) is 117 Å². The van der Waals surface area contributed by atoms with E-state index in [1.54, 1.807) is 6.92 Å². The molecule has 0 spiro atoms. The quantitative estimate of drug-likeness (QED) is 0.119. The second-order valence-electron chi connectivity index (χ2n) is 15.1. The average molecular weight is 794 g/mol. The van der Waals surface area contributed by atoms with Crippen LogP contribution in [0.5, 0.6) is 11.8 Å². The van der Waals surface area contributed by atoms with Gasteiger partial charge in [0.1, 0.15) is 34.5 Å². The van der Waals surface area contributed by atoms with E-state index < -0.39 is 47.1 Å². The van der Waals surface area contributed by atoms with E-state index in [9.17, 15) is 18.7 Å². The third-order valence-electron chi connectivity index (χ3n) is 11.4. The first-order valence-corrected chi connectivity index (χ1v) is 19.2. The molecule has 0 bridgehead atoms. The van der Waals surface area contributed by atoms with Crippen LogP contribution in [-0.4, -0.2) is 77.7 Å².